The first-order valence-corrected chi connectivity index (χ1v) is 7.81. The van der Waals surface area contributed by atoms with Gasteiger partial charge in [0.2, 0.25) is 0 Å². The molecule has 2 amide bonds. The van der Waals surface area contributed by atoms with E-state index in [2.05, 4.69) is 17.2 Å². The molecule has 6 heteroatoms. The van der Waals surface area contributed by atoms with Gasteiger partial charge in [-0.1, -0.05) is 43.0 Å². The van der Waals surface area contributed by atoms with E-state index < -0.39 is 12.0 Å². The highest BCUT2D eigenvalue weighted by atomic mass is 16.4. The molecule has 4 N–H and O–H groups in total. The Bertz CT molecular complexity index is 772. The van der Waals surface area contributed by atoms with Gasteiger partial charge in [-0.3, -0.25) is 0 Å². The lowest BCUT2D eigenvalue weighted by molar-refractivity contribution is -0.132. The summed E-state index contributed by atoms with van der Waals surface area (Å²) in [6, 6.07) is 14.1. The molecule has 0 aliphatic heterocycles. The number of anilines is 1. The van der Waals surface area contributed by atoms with Gasteiger partial charge in [0, 0.05) is 12.1 Å². The zero-order valence-corrected chi connectivity index (χ0v) is 13.7. The molecule has 2 aromatic carbocycles. The fraction of sp³-hybridized carbons (Fsp3) is 0.158. The standard InChI is InChI=1S/C19H20N2O4/c1-13(18(23)24)6-5-11-20-19(25)21-16-12-15(9-10-17(16)22)14-7-3-2-4-8-14/h2-4,7-10,12,22H,1,5-6,11H2,(H,23,24)(H2,20,21,25). The summed E-state index contributed by atoms with van der Waals surface area (Å²) in [6.07, 6.45) is 0.763. The highest BCUT2D eigenvalue weighted by Crippen LogP contribution is 2.29. The van der Waals surface area contributed by atoms with Crippen molar-refractivity contribution in [3.8, 4) is 16.9 Å². The molecule has 0 saturated carbocycles. The minimum Gasteiger partial charge on any atom is -0.506 e. The quantitative estimate of drug-likeness (QED) is 0.351. The predicted octanol–water partition coefficient (Wildman–Crippen LogP) is 3.60. The minimum absolute atomic E-state index is 0.0333. The molecule has 0 aliphatic carbocycles. The van der Waals surface area contributed by atoms with Crippen LogP contribution in [0.2, 0.25) is 0 Å². The van der Waals surface area contributed by atoms with Crippen LogP contribution in [0.25, 0.3) is 11.1 Å². The topological polar surface area (TPSA) is 98.7 Å². The fourth-order valence-electron chi connectivity index (χ4n) is 2.22. The molecule has 2 rings (SSSR count). The number of hydrogen-bond acceptors (Lipinski definition) is 3. The van der Waals surface area contributed by atoms with Crippen molar-refractivity contribution in [1.82, 2.24) is 5.32 Å². The molecular weight excluding hydrogens is 320 g/mol. The molecule has 0 saturated heterocycles. The third-order valence-electron chi connectivity index (χ3n) is 3.60. The van der Waals surface area contributed by atoms with Gasteiger partial charge in [0.1, 0.15) is 5.75 Å². The van der Waals surface area contributed by atoms with E-state index in [9.17, 15) is 14.7 Å². The number of carboxylic acid groups (broad SMARTS) is 1. The van der Waals surface area contributed by atoms with Crippen LogP contribution in [0, 0.1) is 0 Å². The first-order chi connectivity index (χ1) is 12.0. The molecule has 0 radical (unpaired) electrons. The van der Waals surface area contributed by atoms with Crippen molar-refractivity contribution in [2.45, 2.75) is 12.8 Å². The number of amides is 2. The Hall–Kier alpha value is -3.28. The first kappa shape index (κ1) is 18.1. The lowest BCUT2D eigenvalue weighted by atomic mass is 10.0. The summed E-state index contributed by atoms with van der Waals surface area (Å²) < 4.78 is 0. The third-order valence-corrected chi connectivity index (χ3v) is 3.60. The smallest absolute Gasteiger partial charge is 0.330 e. The van der Waals surface area contributed by atoms with E-state index in [4.69, 9.17) is 5.11 Å². The van der Waals surface area contributed by atoms with Crippen molar-refractivity contribution < 1.29 is 19.8 Å². The molecule has 0 atom stereocenters. The van der Waals surface area contributed by atoms with Gasteiger partial charge in [-0.2, -0.15) is 0 Å². The second kappa shape index (κ2) is 8.54. The van der Waals surface area contributed by atoms with E-state index in [1.807, 2.05) is 30.3 Å². The van der Waals surface area contributed by atoms with Crippen LogP contribution in [-0.4, -0.2) is 28.8 Å². The van der Waals surface area contributed by atoms with Crippen molar-refractivity contribution in [1.29, 1.82) is 0 Å². The van der Waals surface area contributed by atoms with Crippen molar-refractivity contribution >= 4 is 17.7 Å². The third kappa shape index (κ3) is 5.39. The van der Waals surface area contributed by atoms with Gasteiger partial charge in [0.05, 0.1) is 5.69 Å². The Morgan fingerprint density at radius 1 is 1.04 bits per heavy atom. The molecule has 0 unspecified atom stereocenters. The average Bonchev–Trinajstić information content (AvgIpc) is 2.61. The molecule has 130 valence electrons. The van der Waals surface area contributed by atoms with Gasteiger partial charge in [-0.15, -0.1) is 0 Å². The number of rotatable bonds is 7. The Morgan fingerprint density at radius 2 is 1.76 bits per heavy atom. The van der Waals surface area contributed by atoms with Crippen LogP contribution in [0.4, 0.5) is 10.5 Å². The van der Waals surface area contributed by atoms with Gasteiger partial charge in [0.25, 0.3) is 0 Å². The highest BCUT2D eigenvalue weighted by molar-refractivity contribution is 5.92. The average molecular weight is 340 g/mol. The SMILES string of the molecule is C=C(CCCNC(=O)Nc1cc(-c2ccccc2)ccc1O)C(=O)O. The van der Waals surface area contributed by atoms with Gasteiger partial charge >= 0.3 is 12.0 Å². The van der Waals surface area contributed by atoms with Gasteiger partial charge in [-0.05, 0) is 36.1 Å². The number of hydrogen-bond donors (Lipinski definition) is 4. The van der Waals surface area contributed by atoms with Crippen molar-refractivity contribution in [2.75, 3.05) is 11.9 Å². The molecule has 0 fully saturated rings. The second-order valence-electron chi connectivity index (χ2n) is 5.49. The highest BCUT2D eigenvalue weighted by Gasteiger charge is 2.09. The molecule has 0 spiro atoms. The molecular formula is C19H20N2O4. The summed E-state index contributed by atoms with van der Waals surface area (Å²) in [4.78, 5) is 22.5. The molecule has 25 heavy (non-hydrogen) atoms. The molecule has 0 aliphatic rings. The van der Waals surface area contributed by atoms with E-state index in [1.165, 1.54) is 6.07 Å². The van der Waals surface area contributed by atoms with Gasteiger partial charge in [0.15, 0.2) is 0 Å². The minimum atomic E-state index is -1.04. The number of nitrogens with one attached hydrogen (secondary N) is 2. The molecule has 0 bridgehead atoms. The van der Waals surface area contributed by atoms with Crippen molar-refractivity contribution in [2.24, 2.45) is 0 Å². The van der Waals surface area contributed by atoms with Gasteiger partial charge in [-0.25, -0.2) is 9.59 Å². The van der Waals surface area contributed by atoms with E-state index in [0.717, 1.165) is 11.1 Å². The summed E-state index contributed by atoms with van der Waals surface area (Å²) in [5.41, 5.74) is 2.24. The van der Waals surface area contributed by atoms with Crippen LogP contribution in [0.1, 0.15) is 12.8 Å². The molecule has 0 heterocycles. The normalized spacial score (nSPS) is 10.1. The van der Waals surface area contributed by atoms with Crippen LogP contribution in [0.3, 0.4) is 0 Å². The number of phenols is 1. The fourth-order valence-corrected chi connectivity index (χ4v) is 2.22. The summed E-state index contributed by atoms with van der Waals surface area (Å²) >= 11 is 0. The zero-order valence-electron chi connectivity index (χ0n) is 13.7. The summed E-state index contributed by atoms with van der Waals surface area (Å²) in [5, 5.41) is 23.8. The van der Waals surface area contributed by atoms with Crippen LogP contribution in [0.5, 0.6) is 5.75 Å². The summed E-state index contributed by atoms with van der Waals surface area (Å²) in [7, 11) is 0. The number of carbonyl (C=O) groups is 2. The predicted molar refractivity (Wildman–Crippen MR) is 96.6 cm³/mol. The van der Waals surface area contributed by atoms with Gasteiger partial charge < -0.3 is 20.8 Å². The van der Waals surface area contributed by atoms with Crippen LogP contribution in [-0.2, 0) is 4.79 Å². The molecule has 2 aromatic rings. The maximum atomic E-state index is 11.9. The van der Waals surface area contributed by atoms with Crippen LogP contribution >= 0.6 is 0 Å². The number of carbonyl (C=O) groups excluding carboxylic acids is 1. The number of benzene rings is 2. The van der Waals surface area contributed by atoms with E-state index in [-0.39, 0.29) is 11.3 Å². The summed E-state index contributed by atoms with van der Waals surface area (Å²) in [5.74, 6) is -1.07. The number of aliphatic carboxylic acids is 1. The van der Waals surface area contributed by atoms with Crippen molar-refractivity contribution in [3.05, 3.63) is 60.7 Å². The lowest BCUT2D eigenvalue weighted by Gasteiger charge is -2.11. The number of carboxylic acids is 1. The number of phenolic OH excluding ortho intramolecular Hbond substituents is 1. The van der Waals surface area contributed by atoms with E-state index in [0.29, 0.717) is 25.1 Å². The Labute approximate surface area is 145 Å². The van der Waals surface area contributed by atoms with Crippen LogP contribution in [0.15, 0.2) is 60.7 Å². The Balaban J connectivity index is 1.92. The summed E-state index contributed by atoms with van der Waals surface area (Å²) in [6.45, 7) is 3.73. The zero-order chi connectivity index (χ0) is 18.2. The monoisotopic (exact) mass is 340 g/mol. The van der Waals surface area contributed by atoms with Crippen LogP contribution < -0.4 is 10.6 Å². The lowest BCUT2D eigenvalue weighted by Crippen LogP contribution is -2.29. The maximum absolute atomic E-state index is 11.9. The molecule has 6 nitrogen and oxygen atoms in total. The van der Waals surface area contributed by atoms with E-state index >= 15 is 0 Å². The maximum Gasteiger partial charge on any atom is 0.330 e. The number of urea groups is 1. The second-order valence-corrected chi connectivity index (χ2v) is 5.49. The largest absolute Gasteiger partial charge is 0.506 e. The molecule has 0 aromatic heterocycles. The Morgan fingerprint density at radius 3 is 2.44 bits per heavy atom. The number of aromatic hydroxyl groups is 1. The first-order valence-electron chi connectivity index (χ1n) is 7.81. The van der Waals surface area contributed by atoms with E-state index in [1.54, 1.807) is 12.1 Å². The Kier molecular flexibility index (Phi) is 6.17. The van der Waals surface area contributed by atoms with Crippen molar-refractivity contribution in [3.63, 3.8) is 0 Å².